The number of nitrogens with zero attached hydrogens (tertiary/aromatic N) is 1. The number of fused-ring (bicyclic) bond motifs is 1. The van der Waals surface area contributed by atoms with Crippen molar-refractivity contribution < 1.29 is 9.53 Å². The lowest BCUT2D eigenvalue weighted by molar-refractivity contribution is 0.0388. The molecule has 1 amide bonds. The largest absolute Gasteiger partial charge is 0.385 e. The van der Waals surface area contributed by atoms with Crippen LogP contribution in [-0.2, 0) is 11.2 Å². The molecule has 1 aromatic carbocycles. The molecule has 0 radical (unpaired) electrons. The number of amides is 1. The molecule has 1 saturated heterocycles. The molecule has 5 heteroatoms. The highest BCUT2D eigenvalue weighted by atomic mass is 35.5. The zero-order valence-electron chi connectivity index (χ0n) is 13.1. The Hall–Kier alpha value is -1.26. The average molecular weight is 325 g/mol. The lowest BCUT2D eigenvalue weighted by atomic mass is 9.96. The molecule has 0 spiro atoms. The van der Waals surface area contributed by atoms with Crippen molar-refractivity contribution in [2.75, 3.05) is 38.7 Å². The van der Waals surface area contributed by atoms with E-state index in [0.717, 1.165) is 63.2 Å². The molecule has 22 heavy (non-hydrogen) atoms. The molecule has 1 atom stereocenters. The van der Waals surface area contributed by atoms with Crippen molar-refractivity contribution in [2.24, 2.45) is 5.92 Å². The maximum atomic E-state index is 12.7. The van der Waals surface area contributed by atoms with E-state index < -0.39 is 0 Å². The third-order valence-corrected chi connectivity index (χ3v) is 4.46. The van der Waals surface area contributed by atoms with Gasteiger partial charge in [-0.3, -0.25) is 4.79 Å². The number of carbonyl (C=O) groups excluding carboxylic acids is 1. The van der Waals surface area contributed by atoms with Gasteiger partial charge in [-0.2, -0.15) is 0 Å². The fraction of sp³-hybridized carbons (Fsp3) is 0.588. The summed E-state index contributed by atoms with van der Waals surface area (Å²) >= 11 is 0. The minimum atomic E-state index is 0. The number of ether oxygens (including phenoxy) is 1. The first kappa shape index (κ1) is 17.1. The van der Waals surface area contributed by atoms with E-state index in [0.29, 0.717) is 5.92 Å². The normalized spacial score (nSPS) is 20.3. The summed E-state index contributed by atoms with van der Waals surface area (Å²) in [6.07, 6.45) is 4.35. The SMILES string of the molecule is CN(CC1CCCOC1)C(=O)c1cccc2c1CCCN2.Cl. The van der Waals surface area contributed by atoms with Crippen LogP contribution in [0.1, 0.15) is 35.2 Å². The Kier molecular flexibility index (Phi) is 6.09. The van der Waals surface area contributed by atoms with Crippen molar-refractivity contribution in [2.45, 2.75) is 25.7 Å². The first-order chi connectivity index (χ1) is 10.3. The molecule has 1 unspecified atom stereocenters. The number of hydrogen-bond acceptors (Lipinski definition) is 3. The molecule has 4 nitrogen and oxygen atoms in total. The van der Waals surface area contributed by atoms with Crippen molar-refractivity contribution >= 4 is 24.0 Å². The van der Waals surface area contributed by atoms with Gasteiger partial charge in [0.15, 0.2) is 0 Å². The van der Waals surface area contributed by atoms with Crippen LogP contribution < -0.4 is 5.32 Å². The van der Waals surface area contributed by atoms with Crippen molar-refractivity contribution in [3.8, 4) is 0 Å². The van der Waals surface area contributed by atoms with Crippen LogP contribution in [0.2, 0.25) is 0 Å². The van der Waals surface area contributed by atoms with Crippen LogP contribution in [-0.4, -0.2) is 44.2 Å². The molecule has 0 aromatic heterocycles. The second-order valence-electron chi connectivity index (χ2n) is 6.13. The predicted molar refractivity (Wildman–Crippen MR) is 91.0 cm³/mol. The number of benzene rings is 1. The topological polar surface area (TPSA) is 41.6 Å². The summed E-state index contributed by atoms with van der Waals surface area (Å²) in [5.41, 5.74) is 3.17. The molecule has 0 bridgehead atoms. The van der Waals surface area contributed by atoms with Crippen LogP contribution >= 0.6 is 12.4 Å². The summed E-state index contributed by atoms with van der Waals surface area (Å²) in [6.45, 7) is 3.44. The lowest BCUT2D eigenvalue weighted by Gasteiger charge is -2.28. The number of nitrogens with one attached hydrogen (secondary N) is 1. The number of halogens is 1. The Balaban J connectivity index is 0.00000176. The van der Waals surface area contributed by atoms with E-state index >= 15 is 0 Å². The highest BCUT2D eigenvalue weighted by Crippen LogP contribution is 2.26. The van der Waals surface area contributed by atoms with E-state index in [1.165, 1.54) is 5.56 Å². The first-order valence-corrected chi connectivity index (χ1v) is 7.94. The molecule has 1 fully saturated rings. The van der Waals surface area contributed by atoms with Crippen molar-refractivity contribution in [1.29, 1.82) is 0 Å². The van der Waals surface area contributed by atoms with Gasteiger partial charge in [-0.05, 0) is 49.3 Å². The van der Waals surface area contributed by atoms with Gasteiger partial charge in [-0.25, -0.2) is 0 Å². The summed E-state index contributed by atoms with van der Waals surface area (Å²) in [7, 11) is 1.91. The van der Waals surface area contributed by atoms with Gasteiger partial charge in [0.25, 0.3) is 5.91 Å². The summed E-state index contributed by atoms with van der Waals surface area (Å²) < 4.78 is 5.51. The fourth-order valence-electron chi connectivity index (χ4n) is 3.34. The molecule has 0 aliphatic carbocycles. The van der Waals surface area contributed by atoms with E-state index in [1.54, 1.807) is 0 Å². The number of hydrogen-bond donors (Lipinski definition) is 1. The van der Waals surface area contributed by atoms with Crippen LogP contribution in [0, 0.1) is 5.92 Å². The quantitative estimate of drug-likeness (QED) is 0.929. The molecule has 1 aromatic rings. The van der Waals surface area contributed by atoms with E-state index in [-0.39, 0.29) is 18.3 Å². The van der Waals surface area contributed by atoms with Crippen LogP contribution in [0.4, 0.5) is 5.69 Å². The highest BCUT2D eigenvalue weighted by Gasteiger charge is 2.23. The predicted octanol–water partition coefficient (Wildman–Crippen LogP) is 2.97. The second-order valence-corrected chi connectivity index (χ2v) is 6.13. The summed E-state index contributed by atoms with van der Waals surface area (Å²) in [5.74, 6) is 0.617. The van der Waals surface area contributed by atoms with Crippen molar-refractivity contribution in [1.82, 2.24) is 4.90 Å². The van der Waals surface area contributed by atoms with Gasteiger partial charge in [0, 0.05) is 38.0 Å². The van der Waals surface area contributed by atoms with Crippen LogP contribution in [0.25, 0.3) is 0 Å². The third-order valence-electron chi connectivity index (χ3n) is 4.46. The third kappa shape index (κ3) is 3.73. The molecule has 2 aliphatic rings. The van der Waals surface area contributed by atoms with Crippen molar-refractivity contribution in [3.63, 3.8) is 0 Å². The van der Waals surface area contributed by atoms with Crippen LogP contribution in [0.5, 0.6) is 0 Å². The standard InChI is InChI=1S/C17H24N2O2.ClH/c1-19(11-13-5-4-10-21-12-13)17(20)15-6-2-8-16-14(15)7-3-9-18-16;/h2,6,8,13,18H,3-5,7,9-12H2,1H3;1H. The van der Waals surface area contributed by atoms with E-state index in [2.05, 4.69) is 11.4 Å². The number of carbonyl (C=O) groups is 1. The summed E-state index contributed by atoms with van der Waals surface area (Å²) in [6, 6.07) is 6.00. The monoisotopic (exact) mass is 324 g/mol. The zero-order valence-corrected chi connectivity index (χ0v) is 14.0. The maximum Gasteiger partial charge on any atom is 0.253 e. The minimum absolute atomic E-state index is 0. The van der Waals surface area contributed by atoms with Gasteiger partial charge < -0.3 is 15.0 Å². The van der Waals surface area contributed by atoms with Gasteiger partial charge >= 0.3 is 0 Å². The van der Waals surface area contributed by atoms with Gasteiger partial charge in [-0.15, -0.1) is 12.4 Å². The zero-order chi connectivity index (χ0) is 14.7. The molecular formula is C17H25ClN2O2. The van der Waals surface area contributed by atoms with E-state index in [1.807, 2.05) is 24.1 Å². The minimum Gasteiger partial charge on any atom is -0.385 e. The maximum absolute atomic E-state index is 12.7. The lowest BCUT2D eigenvalue weighted by Crippen LogP contribution is -2.35. The first-order valence-electron chi connectivity index (χ1n) is 7.94. The Morgan fingerprint density at radius 3 is 3.05 bits per heavy atom. The van der Waals surface area contributed by atoms with E-state index in [4.69, 9.17) is 4.74 Å². The van der Waals surface area contributed by atoms with Crippen LogP contribution in [0.3, 0.4) is 0 Å². The van der Waals surface area contributed by atoms with Gasteiger partial charge in [0.1, 0.15) is 0 Å². The summed E-state index contributed by atoms with van der Waals surface area (Å²) in [5, 5.41) is 3.39. The van der Waals surface area contributed by atoms with E-state index in [9.17, 15) is 4.79 Å². The average Bonchev–Trinajstić information content (AvgIpc) is 2.54. The second kappa shape index (κ2) is 7.84. The molecule has 2 aliphatic heterocycles. The Bertz CT molecular complexity index is 515. The molecule has 122 valence electrons. The van der Waals surface area contributed by atoms with Gasteiger partial charge in [-0.1, -0.05) is 6.07 Å². The van der Waals surface area contributed by atoms with Crippen LogP contribution in [0.15, 0.2) is 18.2 Å². The molecular weight excluding hydrogens is 300 g/mol. The van der Waals surface area contributed by atoms with Gasteiger partial charge in [0.05, 0.1) is 6.61 Å². The Morgan fingerprint density at radius 1 is 1.41 bits per heavy atom. The fourth-order valence-corrected chi connectivity index (χ4v) is 3.34. The molecule has 1 N–H and O–H groups in total. The van der Waals surface area contributed by atoms with Gasteiger partial charge in [0.2, 0.25) is 0 Å². The number of rotatable bonds is 3. The van der Waals surface area contributed by atoms with Crippen molar-refractivity contribution in [3.05, 3.63) is 29.3 Å². The highest BCUT2D eigenvalue weighted by molar-refractivity contribution is 5.97. The molecule has 0 saturated carbocycles. The smallest absolute Gasteiger partial charge is 0.253 e. The Labute approximate surface area is 138 Å². The molecule has 2 heterocycles. The molecule has 3 rings (SSSR count). The number of anilines is 1. The summed E-state index contributed by atoms with van der Waals surface area (Å²) in [4.78, 5) is 14.6. The Morgan fingerprint density at radius 2 is 2.27 bits per heavy atom.